The van der Waals surface area contributed by atoms with Gasteiger partial charge in [-0.15, -0.1) is 0 Å². The second-order valence-electron chi connectivity index (χ2n) is 18.2. The average Bonchev–Trinajstić information content (AvgIpc) is 3.21. The Labute approximate surface area is 376 Å². The molecule has 9 nitrogen and oxygen atoms in total. The number of carbonyl (C=O) groups excluding carboxylic acids is 2. The minimum atomic E-state index is -4.38. The maximum atomic E-state index is 12.7. The Morgan fingerprint density at radius 1 is 0.508 bits per heavy atom. The second kappa shape index (κ2) is 43.5. The van der Waals surface area contributed by atoms with Crippen molar-refractivity contribution in [2.75, 3.05) is 47.5 Å². The molecule has 0 aromatic carbocycles. The van der Waals surface area contributed by atoms with E-state index in [4.69, 9.17) is 18.5 Å². The molecule has 1 N–H and O–H groups in total. The number of ether oxygens (including phenoxy) is 2. The van der Waals surface area contributed by atoms with Crippen LogP contribution in [0.25, 0.3) is 0 Å². The highest BCUT2D eigenvalue weighted by Crippen LogP contribution is 2.43. The van der Waals surface area contributed by atoms with Crippen LogP contribution in [0.3, 0.4) is 0 Å². The largest absolute Gasteiger partial charge is 0.472 e. The molecule has 2 unspecified atom stereocenters. The Morgan fingerprint density at radius 3 is 1.34 bits per heavy atom. The number of hydrogen-bond donors (Lipinski definition) is 1. The maximum absolute atomic E-state index is 12.7. The number of rotatable bonds is 46. The van der Waals surface area contributed by atoms with Crippen LogP contribution in [0.4, 0.5) is 0 Å². The Balaban J connectivity index is 4.28. The third kappa shape index (κ3) is 47.5. The molecule has 0 saturated heterocycles. The van der Waals surface area contributed by atoms with Crippen LogP contribution in [0.2, 0.25) is 0 Å². The predicted octanol–water partition coefficient (Wildman–Crippen LogP) is 14.9. The summed E-state index contributed by atoms with van der Waals surface area (Å²) in [6.07, 6.45) is 50.4. The van der Waals surface area contributed by atoms with Gasteiger partial charge in [0, 0.05) is 12.8 Å². The van der Waals surface area contributed by atoms with E-state index in [2.05, 4.69) is 50.3 Å². The van der Waals surface area contributed by atoms with E-state index in [9.17, 15) is 19.0 Å². The molecule has 61 heavy (non-hydrogen) atoms. The van der Waals surface area contributed by atoms with Gasteiger partial charge in [-0.1, -0.05) is 198 Å². The van der Waals surface area contributed by atoms with E-state index in [0.717, 1.165) is 70.6 Å². The highest BCUT2D eigenvalue weighted by atomic mass is 31.2. The molecule has 0 bridgehead atoms. The monoisotopic (exact) mass is 883 g/mol. The van der Waals surface area contributed by atoms with E-state index in [-0.39, 0.29) is 32.0 Å². The van der Waals surface area contributed by atoms with Crippen LogP contribution in [0.5, 0.6) is 0 Å². The lowest BCUT2D eigenvalue weighted by molar-refractivity contribution is -0.870. The van der Waals surface area contributed by atoms with Crippen molar-refractivity contribution in [3.63, 3.8) is 0 Å². The number of allylic oxidation sites excluding steroid dienone is 6. The van der Waals surface area contributed by atoms with Gasteiger partial charge in [0.25, 0.3) is 0 Å². The molecule has 0 fully saturated rings. The molecule has 10 heteroatoms. The van der Waals surface area contributed by atoms with E-state index in [1.807, 2.05) is 21.1 Å². The van der Waals surface area contributed by atoms with Gasteiger partial charge in [0.05, 0.1) is 27.7 Å². The van der Waals surface area contributed by atoms with Crippen LogP contribution in [0.1, 0.15) is 226 Å². The molecule has 0 spiro atoms. The lowest BCUT2D eigenvalue weighted by atomic mass is 10.0. The summed E-state index contributed by atoms with van der Waals surface area (Å²) in [4.78, 5) is 35.5. The van der Waals surface area contributed by atoms with Gasteiger partial charge in [-0.05, 0) is 51.4 Å². The molecule has 0 saturated carbocycles. The van der Waals surface area contributed by atoms with Gasteiger partial charge in [0.1, 0.15) is 19.8 Å². The van der Waals surface area contributed by atoms with Crippen molar-refractivity contribution in [3.8, 4) is 0 Å². The molecule has 0 amide bonds. The van der Waals surface area contributed by atoms with E-state index >= 15 is 0 Å². The predicted molar refractivity (Wildman–Crippen MR) is 257 cm³/mol. The summed E-state index contributed by atoms with van der Waals surface area (Å²) >= 11 is 0. The molecule has 0 aliphatic heterocycles. The zero-order valence-electron chi connectivity index (χ0n) is 40.4. The van der Waals surface area contributed by atoms with Crippen LogP contribution < -0.4 is 0 Å². The quantitative estimate of drug-likeness (QED) is 0.0212. The summed E-state index contributed by atoms with van der Waals surface area (Å²) < 4.78 is 34.4. The number of carbonyl (C=O) groups is 2. The first-order valence-electron chi connectivity index (χ1n) is 25.2. The minimum absolute atomic E-state index is 0.0298. The third-order valence-corrected chi connectivity index (χ3v) is 11.9. The molecule has 0 rings (SSSR count). The van der Waals surface area contributed by atoms with Crippen molar-refractivity contribution in [2.24, 2.45) is 0 Å². The summed E-state index contributed by atoms with van der Waals surface area (Å²) in [5.41, 5.74) is 0. The molecule has 0 aromatic rings. The molecule has 358 valence electrons. The smallest absolute Gasteiger partial charge is 0.462 e. The second-order valence-corrected chi connectivity index (χ2v) is 19.7. The molecule has 0 heterocycles. The van der Waals surface area contributed by atoms with Crippen molar-refractivity contribution in [1.29, 1.82) is 0 Å². The summed E-state index contributed by atoms with van der Waals surface area (Å²) in [5.74, 6) is -0.804. The van der Waals surface area contributed by atoms with Gasteiger partial charge in [-0.25, -0.2) is 4.57 Å². The topological polar surface area (TPSA) is 108 Å². The third-order valence-electron chi connectivity index (χ3n) is 10.9. The number of likely N-dealkylation sites (N-methyl/N-ethyl adjacent to an activating group) is 1. The zero-order valence-corrected chi connectivity index (χ0v) is 41.3. The van der Waals surface area contributed by atoms with Crippen molar-refractivity contribution in [2.45, 2.75) is 232 Å². The Hall–Kier alpha value is -1.77. The Morgan fingerprint density at radius 2 is 0.885 bits per heavy atom. The SMILES string of the molecule is CCCCC/C=C\C/C=C\C/C=C\CCCCCCCCC(=O)OC(COC(=O)CCCCCCCCCCCCCCCCCCCC)COP(=O)(O)OCC[N+](C)(C)C. The number of phosphoric acid groups is 1. The lowest BCUT2D eigenvalue weighted by Crippen LogP contribution is -2.37. The number of hydrogen-bond acceptors (Lipinski definition) is 7. The molecule has 0 aliphatic rings. The molecular formula is C51H97NO8P+. The van der Waals surface area contributed by atoms with Crippen LogP contribution in [-0.2, 0) is 32.7 Å². The first-order chi connectivity index (χ1) is 29.5. The number of quaternary nitrogens is 1. The average molecular weight is 883 g/mol. The highest BCUT2D eigenvalue weighted by molar-refractivity contribution is 7.47. The van der Waals surface area contributed by atoms with Gasteiger partial charge >= 0.3 is 19.8 Å². The fraction of sp³-hybridized carbons (Fsp3) is 0.843. The van der Waals surface area contributed by atoms with E-state index in [1.54, 1.807) is 0 Å². The van der Waals surface area contributed by atoms with E-state index in [1.165, 1.54) is 122 Å². The van der Waals surface area contributed by atoms with Gasteiger partial charge in [-0.3, -0.25) is 18.6 Å². The fourth-order valence-corrected chi connectivity index (χ4v) is 7.70. The molecule has 2 atom stereocenters. The van der Waals surface area contributed by atoms with Crippen LogP contribution in [0.15, 0.2) is 36.5 Å². The lowest BCUT2D eigenvalue weighted by Gasteiger charge is -2.24. The zero-order chi connectivity index (χ0) is 45.0. The van der Waals surface area contributed by atoms with Gasteiger partial charge in [0.15, 0.2) is 6.10 Å². The number of unbranched alkanes of at least 4 members (excludes halogenated alkanes) is 26. The fourth-order valence-electron chi connectivity index (χ4n) is 6.96. The first-order valence-corrected chi connectivity index (χ1v) is 26.7. The van der Waals surface area contributed by atoms with Crippen molar-refractivity contribution in [3.05, 3.63) is 36.5 Å². The standard InChI is InChI=1S/C51H96NO8P/c1-6-8-10-12-14-16-18-20-22-24-26-28-30-32-34-36-38-40-42-44-51(54)60-49(48-59-61(55,56)58-46-45-52(3,4)5)47-57-50(53)43-41-39-37-35-33-31-29-27-25-23-21-19-17-15-13-11-9-7-2/h14,16,20,22,26,28,49H,6-13,15,17-19,21,23-25,27,29-48H2,1-5H3/p+1/b16-14-,22-20-,28-26-. The molecular weight excluding hydrogens is 786 g/mol. The molecule has 0 radical (unpaired) electrons. The van der Waals surface area contributed by atoms with Crippen LogP contribution >= 0.6 is 7.82 Å². The summed E-state index contributed by atoms with van der Waals surface area (Å²) in [7, 11) is 1.47. The summed E-state index contributed by atoms with van der Waals surface area (Å²) in [6.45, 7) is 4.41. The first kappa shape index (κ1) is 59.2. The minimum Gasteiger partial charge on any atom is -0.462 e. The normalized spacial score (nSPS) is 13.7. The molecule has 0 aliphatic carbocycles. The highest BCUT2D eigenvalue weighted by Gasteiger charge is 2.27. The summed E-state index contributed by atoms with van der Waals surface area (Å²) in [5, 5.41) is 0. The van der Waals surface area contributed by atoms with Crippen molar-refractivity contribution >= 4 is 19.8 Å². The number of phosphoric ester groups is 1. The van der Waals surface area contributed by atoms with Gasteiger partial charge in [0.2, 0.25) is 0 Å². The van der Waals surface area contributed by atoms with E-state index in [0.29, 0.717) is 17.4 Å². The van der Waals surface area contributed by atoms with Crippen LogP contribution in [0, 0.1) is 0 Å². The Bertz CT molecular complexity index is 1130. The Kier molecular flexibility index (Phi) is 42.2. The van der Waals surface area contributed by atoms with Crippen LogP contribution in [-0.4, -0.2) is 74.9 Å². The maximum Gasteiger partial charge on any atom is 0.472 e. The van der Waals surface area contributed by atoms with Gasteiger partial charge in [-0.2, -0.15) is 0 Å². The van der Waals surface area contributed by atoms with Gasteiger partial charge < -0.3 is 18.9 Å². The molecule has 0 aromatic heterocycles. The van der Waals surface area contributed by atoms with E-state index < -0.39 is 26.5 Å². The van der Waals surface area contributed by atoms with Crippen molar-refractivity contribution in [1.82, 2.24) is 0 Å². The number of esters is 2. The van der Waals surface area contributed by atoms with Crippen molar-refractivity contribution < 1.29 is 42.1 Å². The summed E-state index contributed by atoms with van der Waals surface area (Å²) in [6, 6.07) is 0. The number of nitrogens with zero attached hydrogens (tertiary/aromatic N) is 1.